The standard InChI is InChI=1S/C16H19FN2O/c1-12(18-2)15-11-14(17)3-4-16(15)20-10-7-13-5-8-19-9-6-13/h3-6,8-9,11-12,18H,7,10H2,1-2H3. The average molecular weight is 274 g/mol. The molecule has 1 atom stereocenters. The molecule has 0 aliphatic rings. The first-order chi connectivity index (χ1) is 9.70. The van der Waals surface area contributed by atoms with Crippen molar-refractivity contribution in [3.63, 3.8) is 0 Å². The van der Waals surface area contributed by atoms with E-state index < -0.39 is 0 Å². The summed E-state index contributed by atoms with van der Waals surface area (Å²) in [6, 6.07) is 8.60. The van der Waals surface area contributed by atoms with Gasteiger partial charge in [0.25, 0.3) is 0 Å². The van der Waals surface area contributed by atoms with Crippen LogP contribution in [0.25, 0.3) is 0 Å². The molecule has 2 rings (SSSR count). The molecular weight excluding hydrogens is 255 g/mol. The number of halogens is 1. The summed E-state index contributed by atoms with van der Waals surface area (Å²) in [5.74, 6) is 0.478. The van der Waals surface area contributed by atoms with Gasteiger partial charge in [-0.3, -0.25) is 4.98 Å². The summed E-state index contributed by atoms with van der Waals surface area (Å²) in [6.45, 7) is 2.53. The number of hydrogen-bond donors (Lipinski definition) is 1. The van der Waals surface area contributed by atoms with Crippen molar-refractivity contribution in [3.8, 4) is 5.75 Å². The van der Waals surface area contributed by atoms with Crippen LogP contribution in [0.4, 0.5) is 4.39 Å². The lowest BCUT2D eigenvalue weighted by molar-refractivity contribution is 0.315. The Balaban J connectivity index is 2.02. The van der Waals surface area contributed by atoms with Crippen LogP contribution in [0, 0.1) is 5.82 Å². The topological polar surface area (TPSA) is 34.1 Å². The number of pyridine rings is 1. The normalized spacial score (nSPS) is 12.2. The minimum absolute atomic E-state index is 0.0432. The second-order valence-corrected chi connectivity index (χ2v) is 4.65. The van der Waals surface area contributed by atoms with Crippen molar-refractivity contribution in [1.82, 2.24) is 10.3 Å². The van der Waals surface area contributed by atoms with Gasteiger partial charge in [0.05, 0.1) is 6.61 Å². The van der Waals surface area contributed by atoms with E-state index in [9.17, 15) is 4.39 Å². The Bertz CT molecular complexity index is 545. The third-order valence-electron chi connectivity index (χ3n) is 3.27. The molecule has 0 aliphatic carbocycles. The van der Waals surface area contributed by atoms with E-state index in [2.05, 4.69) is 10.3 Å². The Morgan fingerprint density at radius 2 is 2.00 bits per heavy atom. The molecule has 1 unspecified atom stereocenters. The highest BCUT2D eigenvalue weighted by atomic mass is 19.1. The molecule has 1 aromatic carbocycles. The van der Waals surface area contributed by atoms with Gasteiger partial charge in [-0.05, 0) is 49.9 Å². The molecule has 20 heavy (non-hydrogen) atoms. The molecule has 0 saturated heterocycles. The van der Waals surface area contributed by atoms with Crippen LogP contribution >= 0.6 is 0 Å². The van der Waals surface area contributed by atoms with Gasteiger partial charge < -0.3 is 10.1 Å². The summed E-state index contributed by atoms with van der Waals surface area (Å²) >= 11 is 0. The number of ether oxygens (including phenoxy) is 1. The summed E-state index contributed by atoms with van der Waals surface area (Å²) in [5.41, 5.74) is 2.01. The summed E-state index contributed by atoms with van der Waals surface area (Å²) in [4.78, 5) is 3.98. The minimum Gasteiger partial charge on any atom is -0.493 e. The predicted molar refractivity (Wildman–Crippen MR) is 77.3 cm³/mol. The molecule has 0 aliphatic heterocycles. The molecule has 1 aromatic heterocycles. The zero-order chi connectivity index (χ0) is 14.4. The zero-order valence-electron chi connectivity index (χ0n) is 11.8. The molecule has 3 nitrogen and oxygen atoms in total. The van der Waals surface area contributed by atoms with Gasteiger partial charge in [0, 0.05) is 30.4 Å². The van der Waals surface area contributed by atoms with Crippen LogP contribution in [-0.4, -0.2) is 18.6 Å². The maximum absolute atomic E-state index is 13.3. The highest BCUT2D eigenvalue weighted by molar-refractivity contribution is 5.36. The van der Waals surface area contributed by atoms with Crippen LogP contribution in [0.2, 0.25) is 0 Å². The second kappa shape index (κ2) is 7.01. The first kappa shape index (κ1) is 14.5. The molecule has 106 valence electrons. The van der Waals surface area contributed by atoms with Gasteiger partial charge in [0.2, 0.25) is 0 Å². The molecule has 2 aromatic rings. The van der Waals surface area contributed by atoms with E-state index in [0.717, 1.165) is 17.7 Å². The van der Waals surface area contributed by atoms with Crippen molar-refractivity contribution in [2.75, 3.05) is 13.7 Å². The maximum atomic E-state index is 13.3. The maximum Gasteiger partial charge on any atom is 0.124 e. The fraction of sp³-hybridized carbons (Fsp3) is 0.312. The largest absolute Gasteiger partial charge is 0.493 e. The number of aromatic nitrogens is 1. The number of rotatable bonds is 6. The molecule has 0 bridgehead atoms. The van der Waals surface area contributed by atoms with Gasteiger partial charge in [0.1, 0.15) is 11.6 Å². The number of nitrogens with one attached hydrogen (secondary N) is 1. The molecule has 1 heterocycles. The smallest absolute Gasteiger partial charge is 0.124 e. The third kappa shape index (κ3) is 3.78. The van der Waals surface area contributed by atoms with Crippen molar-refractivity contribution in [1.29, 1.82) is 0 Å². The van der Waals surface area contributed by atoms with E-state index in [1.54, 1.807) is 18.5 Å². The van der Waals surface area contributed by atoms with Crippen LogP contribution in [-0.2, 0) is 6.42 Å². The molecule has 0 spiro atoms. The van der Waals surface area contributed by atoms with E-state index >= 15 is 0 Å². The van der Waals surface area contributed by atoms with Gasteiger partial charge in [-0.1, -0.05) is 0 Å². The lowest BCUT2D eigenvalue weighted by atomic mass is 10.1. The number of hydrogen-bond acceptors (Lipinski definition) is 3. The highest BCUT2D eigenvalue weighted by Gasteiger charge is 2.11. The van der Waals surface area contributed by atoms with Crippen LogP contribution in [0.3, 0.4) is 0 Å². The van der Waals surface area contributed by atoms with Crippen molar-refractivity contribution in [3.05, 3.63) is 59.7 Å². The van der Waals surface area contributed by atoms with Gasteiger partial charge in [-0.2, -0.15) is 0 Å². The first-order valence-corrected chi connectivity index (χ1v) is 6.69. The monoisotopic (exact) mass is 274 g/mol. The first-order valence-electron chi connectivity index (χ1n) is 6.69. The SMILES string of the molecule is CNC(C)c1cc(F)ccc1OCCc1ccncc1. The van der Waals surface area contributed by atoms with Crippen LogP contribution in [0.5, 0.6) is 5.75 Å². The summed E-state index contributed by atoms with van der Waals surface area (Å²) < 4.78 is 19.1. The Hall–Kier alpha value is -1.94. The van der Waals surface area contributed by atoms with Crippen LogP contribution in [0.1, 0.15) is 24.1 Å². The van der Waals surface area contributed by atoms with Gasteiger partial charge >= 0.3 is 0 Å². The summed E-state index contributed by atoms with van der Waals surface area (Å²) in [7, 11) is 1.84. The minimum atomic E-state index is -0.247. The van der Waals surface area contributed by atoms with E-state index in [1.165, 1.54) is 17.7 Å². The van der Waals surface area contributed by atoms with Gasteiger partial charge in [-0.15, -0.1) is 0 Å². The molecule has 1 N–H and O–H groups in total. The summed E-state index contributed by atoms with van der Waals surface area (Å²) in [6.07, 6.45) is 4.33. The molecule has 0 saturated carbocycles. The number of benzene rings is 1. The van der Waals surface area contributed by atoms with Crippen molar-refractivity contribution in [2.45, 2.75) is 19.4 Å². The lowest BCUT2D eigenvalue weighted by Crippen LogP contribution is -2.14. The van der Waals surface area contributed by atoms with E-state index in [1.807, 2.05) is 26.1 Å². The lowest BCUT2D eigenvalue weighted by Gasteiger charge is -2.16. The Kier molecular flexibility index (Phi) is 5.07. The zero-order valence-corrected chi connectivity index (χ0v) is 11.8. The Morgan fingerprint density at radius 3 is 2.70 bits per heavy atom. The highest BCUT2D eigenvalue weighted by Crippen LogP contribution is 2.26. The molecule has 0 radical (unpaired) electrons. The summed E-state index contributed by atoms with van der Waals surface area (Å²) in [5, 5.41) is 3.10. The molecule has 0 amide bonds. The van der Waals surface area contributed by atoms with Crippen molar-refractivity contribution in [2.24, 2.45) is 0 Å². The van der Waals surface area contributed by atoms with Crippen LogP contribution < -0.4 is 10.1 Å². The Morgan fingerprint density at radius 1 is 1.25 bits per heavy atom. The molecular formula is C16H19FN2O. The van der Waals surface area contributed by atoms with Gasteiger partial charge in [0.15, 0.2) is 0 Å². The molecule has 0 fully saturated rings. The van der Waals surface area contributed by atoms with Crippen LogP contribution in [0.15, 0.2) is 42.7 Å². The van der Waals surface area contributed by atoms with Gasteiger partial charge in [-0.25, -0.2) is 4.39 Å². The van der Waals surface area contributed by atoms with E-state index in [4.69, 9.17) is 4.74 Å². The fourth-order valence-electron chi connectivity index (χ4n) is 1.97. The van der Waals surface area contributed by atoms with Crippen molar-refractivity contribution < 1.29 is 9.13 Å². The quantitative estimate of drug-likeness (QED) is 0.878. The second-order valence-electron chi connectivity index (χ2n) is 4.65. The van der Waals surface area contributed by atoms with Crippen molar-refractivity contribution >= 4 is 0 Å². The predicted octanol–water partition coefficient (Wildman–Crippen LogP) is 3.12. The molecule has 4 heteroatoms. The Labute approximate surface area is 118 Å². The number of nitrogens with zero attached hydrogens (tertiary/aromatic N) is 1. The van der Waals surface area contributed by atoms with E-state index in [0.29, 0.717) is 6.61 Å². The third-order valence-corrected chi connectivity index (χ3v) is 3.27. The van der Waals surface area contributed by atoms with E-state index in [-0.39, 0.29) is 11.9 Å². The average Bonchev–Trinajstić information content (AvgIpc) is 2.49. The fourth-order valence-corrected chi connectivity index (χ4v) is 1.97.